The third-order valence-corrected chi connectivity index (χ3v) is 7.01. The van der Waals surface area contributed by atoms with Gasteiger partial charge in [-0.2, -0.15) is 0 Å². The van der Waals surface area contributed by atoms with Crippen molar-refractivity contribution in [1.29, 1.82) is 0 Å². The lowest BCUT2D eigenvalue weighted by Crippen LogP contribution is -2.23. The van der Waals surface area contributed by atoms with Crippen molar-refractivity contribution in [3.05, 3.63) is 125 Å². The molecule has 0 amide bonds. The van der Waals surface area contributed by atoms with Crippen molar-refractivity contribution in [1.82, 2.24) is 4.72 Å². The number of carbonyl (C=O) groups excluding carboxylic acids is 2. The number of aryl methyl sites for hydroxylation is 2. The fourth-order valence-corrected chi connectivity index (χ4v) is 4.48. The number of ether oxygens (including phenoxy) is 1. The molecule has 1 unspecified atom stereocenters. The minimum atomic E-state index is -3.82. The SMILES string of the molecule is Cc1ccc(C(=O)C(OC(=O)c2ccc(S(=O)(=O)NCc3ccco3)cc2)c2ccc(C)cc2)cc1. The molecule has 0 bridgehead atoms. The third-order valence-electron chi connectivity index (χ3n) is 5.60. The Morgan fingerprint density at radius 1 is 0.833 bits per heavy atom. The molecule has 0 aliphatic heterocycles. The zero-order valence-electron chi connectivity index (χ0n) is 19.8. The Morgan fingerprint density at radius 3 is 2.00 bits per heavy atom. The van der Waals surface area contributed by atoms with Gasteiger partial charge in [-0.3, -0.25) is 4.79 Å². The monoisotopic (exact) mass is 503 g/mol. The van der Waals surface area contributed by atoms with E-state index in [1.807, 2.05) is 38.1 Å². The van der Waals surface area contributed by atoms with Crippen molar-refractivity contribution in [2.45, 2.75) is 31.4 Å². The van der Waals surface area contributed by atoms with Gasteiger partial charge in [-0.05, 0) is 50.2 Å². The quantitative estimate of drug-likeness (QED) is 0.250. The van der Waals surface area contributed by atoms with E-state index >= 15 is 0 Å². The van der Waals surface area contributed by atoms with Crippen LogP contribution >= 0.6 is 0 Å². The van der Waals surface area contributed by atoms with Gasteiger partial charge in [0.15, 0.2) is 6.10 Å². The number of sulfonamides is 1. The second-order valence-electron chi connectivity index (χ2n) is 8.35. The summed E-state index contributed by atoms with van der Waals surface area (Å²) in [5, 5.41) is 0. The molecule has 184 valence electrons. The van der Waals surface area contributed by atoms with E-state index in [9.17, 15) is 18.0 Å². The lowest BCUT2D eigenvalue weighted by molar-refractivity contribution is 0.0280. The number of Topliss-reactive ketones (excluding diaryl/α,β-unsaturated/α-hetero) is 1. The molecule has 0 saturated heterocycles. The van der Waals surface area contributed by atoms with E-state index in [0.717, 1.165) is 11.1 Å². The van der Waals surface area contributed by atoms with E-state index in [-0.39, 0.29) is 22.8 Å². The summed E-state index contributed by atoms with van der Waals surface area (Å²) in [6, 6.07) is 22.9. The van der Waals surface area contributed by atoms with Crippen LogP contribution in [0, 0.1) is 13.8 Å². The van der Waals surface area contributed by atoms with Gasteiger partial charge in [-0.25, -0.2) is 17.9 Å². The molecule has 0 radical (unpaired) electrons. The van der Waals surface area contributed by atoms with Crippen molar-refractivity contribution in [3.63, 3.8) is 0 Å². The number of carbonyl (C=O) groups is 2. The Balaban J connectivity index is 1.53. The molecule has 4 aromatic rings. The molecule has 1 aromatic heterocycles. The normalized spacial score (nSPS) is 12.2. The van der Waals surface area contributed by atoms with Gasteiger partial charge < -0.3 is 9.15 Å². The first-order valence-electron chi connectivity index (χ1n) is 11.2. The van der Waals surface area contributed by atoms with Crippen LogP contribution in [-0.4, -0.2) is 20.2 Å². The van der Waals surface area contributed by atoms with Crippen molar-refractivity contribution < 1.29 is 27.2 Å². The second kappa shape index (κ2) is 10.7. The molecule has 0 saturated carbocycles. The number of esters is 1. The van der Waals surface area contributed by atoms with Crippen molar-refractivity contribution in [2.75, 3.05) is 0 Å². The molecule has 0 spiro atoms. The third kappa shape index (κ3) is 5.97. The highest BCUT2D eigenvalue weighted by atomic mass is 32.2. The highest BCUT2D eigenvalue weighted by molar-refractivity contribution is 7.89. The van der Waals surface area contributed by atoms with Crippen molar-refractivity contribution in [2.24, 2.45) is 0 Å². The fraction of sp³-hybridized carbons (Fsp3) is 0.143. The van der Waals surface area contributed by atoms with E-state index in [1.165, 1.54) is 30.5 Å². The molecule has 1 heterocycles. The number of ketones is 1. The first-order valence-corrected chi connectivity index (χ1v) is 12.7. The van der Waals surface area contributed by atoms with Gasteiger partial charge in [-0.15, -0.1) is 0 Å². The first-order chi connectivity index (χ1) is 17.2. The lowest BCUT2D eigenvalue weighted by atomic mass is 9.98. The van der Waals surface area contributed by atoms with E-state index in [4.69, 9.17) is 9.15 Å². The van der Waals surface area contributed by atoms with Gasteiger partial charge in [-0.1, -0.05) is 59.7 Å². The van der Waals surface area contributed by atoms with Crippen LogP contribution in [-0.2, 0) is 21.3 Å². The van der Waals surface area contributed by atoms with E-state index in [1.54, 1.807) is 36.4 Å². The first kappa shape index (κ1) is 25.1. The van der Waals surface area contributed by atoms with Gasteiger partial charge in [0.1, 0.15) is 5.76 Å². The summed E-state index contributed by atoms with van der Waals surface area (Å²) < 4.78 is 38.4. The summed E-state index contributed by atoms with van der Waals surface area (Å²) in [5.74, 6) is -0.624. The minimum Gasteiger partial charge on any atom is -0.468 e. The molecule has 0 fully saturated rings. The van der Waals surface area contributed by atoms with Gasteiger partial charge >= 0.3 is 5.97 Å². The molecular formula is C28H25NO6S. The Labute approximate surface area is 209 Å². The van der Waals surface area contributed by atoms with Gasteiger partial charge in [0.05, 0.1) is 23.3 Å². The summed E-state index contributed by atoms with van der Waals surface area (Å²) in [6.45, 7) is 3.84. The van der Waals surface area contributed by atoms with Crippen LogP contribution in [0.4, 0.5) is 0 Å². The molecule has 1 N–H and O–H groups in total. The molecule has 3 aromatic carbocycles. The average molecular weight is 504 g/mol. The van der Waals surface area contributed by atoms with Crippen LogP contribution in [0.3, 0.4) is 0 Å². The Kier molecular flexibility index (Phi) is 7.47. The molecule has 4 rings (SSSR count). The van der Waals surface area contributed by atoms with Crippen LogP contribution in [0.15, 0.2) is 101 Å². The van der Waals surface area contributed by atoms with E-state index < -0.39 is 22.1 Å². The number of hydrogen-bond acceptors (Lipinski definition) is 6. The fourth-order valence-electron chi connectivity index (χ4n) is 3.49. The highest BCUT2D eigenvalue weighted by Crippen LogP contribution is 2.25. The van der Waals surface area contributed by atoms with Crippen molar-refractivity contribution in [3.8, 4) is 0 Å². The zero-order valence-corrected chi connectivity index (χ0v) is 20.6. The van der Waals surface area contributed by atoms with Crippen LogP contribution in [0.5, 0.6) is 0 Å². The molecular weight excluding hydrogens is 478 g/mol. The lowest BCUT2D eigenvalue weighted by Gasteiger charge is -2.18. The zero-order chi connectivity index (χ0) is 25.7. The number of furan rings is 1. The largest absolute Gasteiger partial charge is 0.468 e. The molecule has 7 nitrogen and oxygen atoms in total. The Morgan fingerprint density at radius 2 is 1.42 bits per heavy atom. The Bertz CT molecular complexity index is 1440. The van der Waals surface area contributed by atoms with Crippen LogP contribution < -0.4 is 4.72 Å². The number of benzene rings is 3. The molecule has 0 aliphatic rings. The minimum absolute atomic E-state index is 0.00151. The highest BCUT2D eigenvalue weighted by Gasteiger charge is 2.27. The molecule has 1 atom stereocenters. The maximum absolute atomic E-state index is 13.3. The summed E-state index contributed by atoms with van der Waals surface area (Å²) in [7, 11) is -3.82. The molecule has 36 heavy (non-hydrogen) atoms. The average Bonchev–Trinajstić information content (AvgIpc) is 3.41. The number of hydrogen-bond donors (Lipinski definition) is 1. The predicted octanol–water partition coefficient (Wildman–Crippen LogP) is 5.16. The smallest absolute Gasteiger partial charge is 0.339 e. The van der Waals surface area contributed by atoms with Crippen LogP contribution in [0.25, 0.3) is 0 Å². The van der Waals surface area contributed by atoms with Crippen LogP contribution in [0.2, 0.25) is 0 Å². The molecule has 8 heteroatoms. The van der Waals surface area contributed by atoms with Gasteiger partial charge in [0.25, 0.3) is 0 Å². The van der Waals surface area contributed by atoms with Crippen LogP contribution in [0.1, 0.15) is 49.3 Å². The summed E-state index contributed by atoms with van der Waals surface area (Å²) >= 11 is 0. The second-order valence-corrected chi connectivity index (χ2v) is 10.1. The maximum Gasteiger partial charge on any atom is 0.339 e. The standard InChI is InChI=1S/C28H25NO6S/c1-19-5-9-21(10-6-19)26(30)27(22-11-7-20(2)8-12-22)35-28(31)23-13-15-25(16-14-23)36(32,33)29-18-24-4-3-17-34-24/h3-17,27,29H,18H2,1-2H3. The van der Waals surface area contributed by atoms with Crippen molar-refractivity contribution >= 4 is 21.8 Å². The van der Waals surface area contributed by atoms with E-state index in [2.05, 4.69) is 4.72 Å². The number of nitrogens with one attached hydrogen (secondary N) is 1. The molecule has 0 aliphatic carbocycles. The Hall–Kier alpha value is -4.01. The van der Waals surface area contributed by atoms with Gasteiger partial charge in [0.2, 0.25) is 15.8 Å². The van der Waals surface area contributed by atoms with E-state index in [0.29, 0.717) is 16.9 Å². The predicted molar refractivity (Wildman–Crippen MR) is 134 cm³/mol. The summed E-state index contributed by atoms with van der Waals surface area (Å²) in [6.07, 6.45) is 0.302. The summed E-state index contributed by atoms with van der Waals surface area (Å²) in [5.41, 5.74) is 3.09. The van der Waals surface area contributed by atoms with Gasteiger partial charge in [0, 0.05) is 11.1 Å². The maximum atomic E-state index is 13.3. The summed E-state index contributed by atoms with van der Waals surface area (Å²) in [4.78, 5) is 26.2. The topological polar surface area (TPSA) is 103 Å². The number of rotatable bonds is 9.